The highest BCUT2D eigenvalue weighted by molar-refractivity contribution is 4.86. The third-order valence-corrected chi connectivity index (χ3v) is 2.79. The summed E-state index contributed by atoms with van der Waals surface area (Å²) in [5.74, 6) is 1.33. The van der Waals surface area contributed by atoms with Crippen LogP contribution in [-0.4, -0.2) is 33.9 Å². The van der Waals surface area contributed by atoms with Crippen molar-refractivity contribution in [1.82, 2.24) is 15.5 Å². The number of nitrogens with one attached hydrogen (secondary N) is 1. The molecule has 84 valence electrons. The van der Waals surface area contributed by atoms with Gasteiger partial charge in [0.15, 0.2) is 5.82 Å². The summed E-state index contributed by atoms with van der Waals surface area (Å²) in [6.45, 7) is 2.59. The predicted molar refractivity (Wildman–Crippen MR) is 54.4 cm³/mol. The molecule has 0 aliphatic heterocycles. The predicted octanol–water partition coefficient (Wildman–Crippen LogP) is 0.424. The van der Waals surface area contributed by atoms with Gasteiger partial charge >= 0.3 is 0 Å². The van der Waals surface area contributed by atoms with E-state index >= 15 is 0 Å². The first-order chi connectivity index (χ1) is 7.25. The third kappa shape index (κ3) is 2.76. The van der Waals surface area contributed by atoms with Gasteiger partial charge in [-0.15, -0.1) is 0 Å². The Morgan fingerprint density at radius 1 is 1.53 bits per heavy atom. The molecule has 1 aliphatic carbocycles. The van der Waals surface area contributed by atoms with E-state index in [0.717, 1.165) is 32.2 Å². The van der Waals surface area contributed by atoms with Gasteiger partial charge in [-0.2, -0.15) is 4.98 Å². The SMILES string of the molecule is Cc1noc(CCN[C@H]2CCC[C@@H]2O)n1. The van der Waals surface area contributed by atoms with Crippen LogP contribution in [0.3, 0.4) is 0 Å². The second-order valence-electron chi connectivity index (χ2n) is 4.04. The number of hydrogen-bond donors (Lipinski definition) is 2. The van der Waals surface area contributed by atoms with Gasteiger partial charge in [0.2, 0.25) is 5.89 Å². The second kappa shape index (κ2) is 4.72. The molecular formula is C10H17N3O2. The summed E-state index contributed by atoms with van der Waals surface area (Å²) in [6.07, 6.45) is 3.62. The van der Waals surface area contributed by atoms with E-state index in [1.807, 2.05) is 0 Å². The minimum absolute atomic E-state index is 0.186. The van der Waals surface area contributed by atoms with Crippen LogP contribution in [0.5, 0.6) is 0 Å². The van der Waals surface area contributed by atoms with Gasteiger partial charge in [0.1, 0.15) is 0 Å². The topological polar surface area (TPSA) is 71.2 Å². The summed E-state index contributed by atoms with van der Waals surface area (Å²) in [5.41, 5.74) is 0. The summed E-state index contributed by atoms with van der Waals surface area (Å²) >= 11 is 0. The molecule has 0 aromatic carbocycles. The number of aromatic nitrogens is 2. The zero-order valence-electron chi connectivity index (χ0n) is 8.94. The number of nitrogens with zero attached hydrogens (tertiary/aromatic N) is 2. The highest BCUT2D eigenvalue weighted by Crippen LogP contribution is 2.18. The van der Waals surface area contributed by atoms with Crippen LogP contribution < -0.4 is 5.32 Å². The number of aryl methyl sites for hydroxylation is 1. The highest BCUT2D eigenvalue weighted by Gasteiger charge is 2.24. The van der Waals surface area contributed by atoms with Crippen LogP contribution >= 0.6 is 0 Å². The van der Waals surface area contributed by atoms with Crippen molar-refractivity contribution in [3.8, 4) is 0 Å². The van der Waals surface area contributed by atoms with Crippen LogP contribution in [-0.2, 0) is 6.42 Å². The first-order valence-electron chi connectivity index (χ1n) is 5.46. The van der Waals surface area contributed by atoms with Gasteiger partial charge in [0.05, 0.1) is 6.10 Å². The van der Waals surface area contributed by atoms with Crippen molar-refractivity contribution < 1.29 is 9.63 Å². The van der Waals surface area contributed by atoms with Crippen LogP contribution in [0.15, 0.2) is 4.52 Å². The minimum Gasteiger partial charge on any atom is -0.392 e. The molecule has 0 radical (unpaired) electrons. The molecule has 1 heterocycles. The molecule has 2 atom stereocenters. The second-order valence-corrected chi connectivity index (χ2v) is 4.04. The van der Waals surface area contributed by atoms with Crippen LogP contribution in [0.2, 0.25) is 0 Å². The summed E-state index contributed by atoms with van der Waals surface area (Å²) in [6, 6.07) is 0.244. The lowest BCUT2D eigenvalue weighted by Crippen LogP contribution is -2.36. The molecule has 1 aromatic heterocycles. The Bertz CT molecular complexity index is 313. The van der Waals surface area contributed by atoms with Crippen molar-refractivity contribution in [2.45, 2.75) is 44.8 Å². The Labute approximate surface area is 88.9 Å². The van der Waals surface area contributed by atoms with E-state index in [2.05, 4.69) is 15.5 Å². The average molecular weight is 211 g/mol. The van der Waals surface area contributed by atoms with Gasteiger partial charge < -0.3 is 14.9 Å². The molecule has 5 heteroatoms. The standard InChI is InChI=1S/C10H17N3O2/c1-7-12-10(15-13-7)5-6-11-8-3-2-4-9(8)14/h8-9,11,14H,2-6H2,1H3/t8-,9-/m0/s1. The lowest BCUT2D eigenvalue weighted by atomic mass is 10.2. The number of aliphatic hydroxyl groups excluding tert-OH is 1. The highest BCUT2D eigenvalue weighted by atomic mass is 16.5. The summed E-state index contributed by atoms with van der Waals surface area (Å²) in [7, 11) is 0. The molecule has 0 saturated heterocycles. The lowest BCUT2D eigenvalue weighted by Gasteiger charge is -2.15. The van der Waals surface area contributed by atoms with Crippen molar-refractivity contribution in [1.29, 1.82) is 0 Å². The van der Waals surface area contributed by atoms with E-state index in [4.69, 9.17) is 4.52 Å². The average Bonchev–Trinajstić information content (AvgIpc) is 2.77. The number of hydrogen-bond acceptors (Lipinski definition) is 5. The van der Waals surface area contributed by atoms with Gasteiger partial charge in [0, 0.05) is 19.0 Å². The largest absolute Gasteiger partial charge is 0.392 e. The monoisotopic (exact) mass is 211 g/mol. The molecule has 5 nitrogen and oxygen atoms in total. The smallest absolute Gasteiger partial charge is 0.227 e. The van der Waals surface area contributed by atoms with Crippen LogP contribution in [0.1, 0.15) is 31.0 Å². The fraction of sp³-hybridized carbons (Fsp3) is 0.800. The normalized spacial score (nSPS) is 26.0. The summed E-state index contributed by atoms with van der Waals surface area (Å²) < 4.78 is 4.99. The number of rotatable bonds is 4. The van der Waals surface area contributed by atoms with Crippen LogP contribution in [0, 0.1) is 6.92 Å². The van der Waals surface area contributed by atoms with E-state index in [-0.39, 0.29) is 12.1 Å². The van der Waals surface area contributed by atoms with Gasteiger partial charge in [-0.3, -0.25) is 0 Å². The Morgan fingerprint density at radius 2 is 2.40 bits per heavy atom. The molecule has 2 N–H and O–H groups in total. The maximum Gasteiger partial charge on any atom is 0.227 e. The molecule has 1 aliphatic rings. The van der Waals surface area contributed by atoms with Gasteiger partial charge in [-0.05, 0) is 26.2 Å². The third-order valence-electron chi connectivity index (χ3n) is 2.79. The van der Waals surface area contributed by atoms with Crippen molar-refractivity contribution in [2.24, 2.45) is 0 Å². The van der Waals surface area contributed by atoms with E-state index in [0.29, 0.717) is 11.7 Å². The molecule has 0 unspecified atom stereocenters. The first-order valence-corrected chi connectivity index (χ1v) is 5.46. The first kappa shape index (κ1) is 10.6. The van der Waals surface area contributed by atoms with Gasteiger partial charge in [-0.25, -0.2) is 0 Å². The van der Waals surface area contributed by atoms with Crippen molar-refractivity contribution in [2.75, 3.05) is 6.54 Å². The van der Waals surface area contributed by atoms with Crippen LogP contribution in [0.25, 0.3) is 0 Å². The quantitative estimate of drug-likeness (QED) is 0.755. The van der Waals surface area contributed by atoms with E-state index in [9.17, 15) is 5.11 Å². The summed E-state index contributed by atoms with van der Waals surface area (Å²) in [4.78, 5) is 4.11. The zero-order chi connectivity index (χ0) is 10.7. The van der Waals surface area contributed by atoms with Crippen molar-refractivity contribution in [3.05, 3.63) is 11.7 Å². The van der Waals surface area contributed by atoms with E-state index in [1.165, 1.54) is 0 Å². The molecule has 0 amide bonds. The molecular weight excluding hydrogens is 194 g/mol. The minimum atomic E-state index is -0.186. The molecule has 1 aromatic rings. The van der Waals surface area contributed by atoms with Crippen molar-refractivity contribution >= 4 is 0 Å². The Morgan fingerprint density at radius 3 is 3.00 bits per heavy atom. The zero-order valence-corrected chi connectivity index (χ0v) is 8.94. The van der Waals surface area contributed by atoms with E-state index in [1.54, 1.807) is 6.92 Å². The van der Waals surface area contributed by atoms with Crippen LogP contribution in [0.4, 0.5) is 0 Å². The number of aliphatic hydroxyl groups is 1. The Balaban J connectivity index is 1.70. The fourth-order valence-corrected chi connectivity index (χ4v) is 1.98. The lowest BCUT2D eigenvalue weighted by molar-refractivity contribution is 0.149. The molecule has 15 heavy (non-hydrogen) atoms. The molecule has 0 spiro atoms. The van der Waals surface area contributed by atoms with E-state index < -0.39 is 0 Å². The summed E-state index contributed by atoms with van der Waals surface area (Å²) in [5, 5.41) is 16.6. The maximum absolute atomic E-state index is 9.58. The molecule has 1 saturated carbocycles. The van der Waals surface area contributed by atoms with Crippen molar-refractivity contribution in [3.63, 3.8) is 0 Å². The Hall–Kier alpha value is -0.940. The molecule has 0 bridgehead atoms. The fourth-order valence-electron chi connectivity index (χ4n) is 1.98. The molecule has 2 rings (SSSR count). The molecule has 1 fully saturated rings. The van der Waals surface area contributed by atoms with Gasteiger partial charge in [0.25, 0.3) is 0 Å². The van der Waals surface area contributed by atoms with Gasteiger partial charge in [-0.1, -0.05) is 5.16 Å². The maximum atomic E-state index is 9.58. The Kier molecular flexibility index (Phi) is 3.33.